The maximum atomic E-state index is 13.2. The van der Waals surface area contributed by atoms with Crippen molar-refractivity contribution in [1.82, 2.24) is 0 Å². The van der Waals surface area contributed by atoms with E-state index < -0.39 is 22.4 Å². The predicted octanol–water partition coefficient (Wildman–Crippen LogP) is 2.49. The molecule has 1 heterocycles. The molecule has 0 unspecified atom stereocenters. The van der Waals surface area contributed by atoms with E-state index in [9.17, 15) is 23.3 Å². The van der Waals surface area contributed by atoms with Crippen molar-refractivity contribution in [3.05, 3.63) is 27.8 Å². The second-order valence-corrected chi connectivity index (χ2v) is 4.49. The molecule has 1 aromatic carbocycles. The van der Waals surface area contributed by atoms with Gasteiger partial charge in [0.15, 0.2) is 0 Å². The molecule has 21 heavy (non-hydrogen) atoms. The maximum absolute atomic E-state index is 13.2. The van der Waals surface area contributed by atoms with E-state index in [2.05, 4.69) is 5.32 Å². The molecule has 0 amide bonds. The number of hydrogen-bond acceptors (Lipinski definition) is 5. The van der Waals surface area contributed by atoms with E-state index >= 15 is 0 Å². The monoisotopic (exact) mass is 305 g/mol. The summed E-state index contributed by atoms with van der Waals surface area (Å²) < 4.78 is 44.7. The van der Waals surface area contributed by atoms with Gasteiger partial charge in [-0.2, -0.15) is 13.2 Å². The van der Waals surface area contributed by atoms with Gasteiger partial charge in [-0.15, -0.1) is 0 Å². The molecule has 9 heteroatoms. The topological polar surface area (TPSA) is 67.6 Å². The van der Waals surface area contributed by atoms with Crippen molar-refractivity contribution in [3.63, 3.8) is 0 Å². The minimum Gasteiger partial charge on any atom is -0.383 e. The summed E-state index contributed by atoms with van der Waals surface area (Å²) >= 11 is 0. The summed E-state index contributed by atoms with van der Waals surface area (Å²) in [5.41, 5.74) is -1.62. The van der Waals surface area contributed by atoms with Crippen LogP contribution < -0.4 is 10.2 Å². The van der Waals surface area contributed by atoms with Gasteiger partial charge in [0.05, 0.1) is 29.4 Å². The van der Waals surface area contributed by atoms with E-state index in [-0.39, 0.29) is 11.4 Å². The zero-order valence-electron chi connectivity index (χ0n) is 11.2. The number of ether oxygens (including phenoxy) is 1. The first-order valence-electron chi connectivity index (χ1n) is 6.24. The number of nitro benzene ring substituents is 1. The maximum Gasteiger partial charge on any atom is 0.418 e. The van der Waals surface area contributed by atoms with E-state index in [1.165, 1.54) is 18.0 Å². The lowest BCUT2D eigenvalue weighted by molar-refractivity contribution is -0.384. The largest absolute Gasteiger partial charge is 0.418 e. The van der Waals surface area contributed by atoms with Gasteiger partial charge in [-0.3, -0.25) is 10.1 Å². The Bertz CT molecular complexity index is 543. The van der Waals surface area contributed by atoms with Gasteiger partial charge < -0.3 is 15.0 Å². The number of nitrogens with zero attached hydrogens (tertiary/aromatic N) is 2. The Morgan fingerprint density at radius 2 is 1.95 bits per heavy atom. The average Bonchev–Trinajstić information content (AvgIpc) is 2.45. The number of anilines is 2. The first kappa shape index (κ1) is 15.4. The fraction of sp³-hybridized carbons (Fsp3) is 0.500. The number of nitro groups is 1. The van der Waals surface area contributed by atoms with E-state index in [1.807, 2.05) is 0 Å². The van der Waals surface area contributed by atoms with Gasteiger partial charge in [0, 0.05) is 26.2 Å². The van der Waals surface area contributed by atoms with Crippen LogP contribution in [0.15, 0.2) is 12.1 Å². The van der Waals surface area contributed by atoms with Crippen LogP contribution in [0.5, 0.6) is 0 Å². The Balaban J connectivity index is 2.57. The molecule has 1 fully saturated rings. The molecule has 1 aliphatic rings. The molecular formula is C12H14F3N3O3. The Hall–Kier alpha value is -2.03. The molecule has 0 spiro atoms. The molecule has 1 N–H and O–H groups in total. The van der Waals surface area contributed by atoms with Crippen LogP contribution in [-0.4, -0.2) is 38.3 Å². The van der Waals surface area contributed by atoms with Gasteiger partial charge in [-0.05, 0) is 6.07 Å². The van der Waals surface area contributed by atoms with Crippen LogP contribution in [0, 0.1) is 10.1 Å². The Labute approximate surface area is 118 Å². The highest BCUT2D eigenvalue weighted by atomic mass is 19.4. The first-order chi connectivity index (χ1) is 9.84. The number of halogens is 3. The first-order valence-corrected chi connectivity index (χ1v) is 6.24. The highest BCUT2D eigenvalue weighted by Crippen LogP contribution is 2.42. The highest BCUT2D eigenvalue weighted by Gasteiger charge is 2.38. The summed E-state index contributed by atoms with van der Waals surface area (Å²) in [7, 11) is 1.43. The fourth-order valence-corrected chi connectivity index (χ4v) is 2.22. The summed E-state index contributed by atoms with van der Waals surface area (Å²) in [4.78, 5) is 11.6. The van der Waals surface area contributed by atoms with Gasteiger partial charge in [-0.1, -0.05) is 0 Å². The molecule has 1 aromatic rings. The standard InChI is InChI=1S/C12H14F3N3O3/c1-16-9-7-10(17-2-4-21-5-3-17)8(12(13,14)15)6-11(9)18(19)20/h6-7,16H,2-5H2,1H3. The van der Waals surface area contributed by atoms with Crippen molar-refractivity contribution >= 4 is 17.1 Å². The van der Waals surface area contributed by atoms with Gasteiger partial charge in [-0.25, -0.2) is 0 Å². The highest BCUT2D eigenvalue weighted by molar-refractivity contribution is 5.73. The number of hydrogen-bond donors (Lipinski definition) is 1. The summed E-state index contributed by atoms with van der Waals surface area (Å²) in [6.07, 6.45) is -4.66. The lowest BCUT2D eigenvalue weighted by Crippen LogP contribution is -2.37. The summed E-state index contributed by atoms with van der Waals surface area (Å²) in [5.74, 6) is 0. The smallest absolute Gasteiger partial charge is 0.383 e. The van der Waals surface area contributed by atoms with Gasteiger partial charge in [0.1, 0.15) is 5.69 Å². The quantitative estimate of drug-likeness (QED) is 0.686. The molecule has 0 atom stereocenters. The second-order valence-electron chi connectivity index (χ2n) is 4.49. The number of nitrogens with one attached hydrogen (secondary N) is 1. The van der Waals surface area contributed by atoms with Crippen molar-refractivity contribution in [2.24, 2.45) is 0 Å². The van der Waals surface area contributed by atoms with Crippen LogP contribution >= 0.6 is 0 Å². The van der Waals surface area contributed by atoms with Gasteiger partial charge >= 0.3 is 6.18 Å². The van der Waals surface area contributed by atoms with Crippen molar-refractivity contribution in [2.75, 3.05) is 43.6 Å². The summed E-state index contributed by atoms with van der Waals surface area (Å²) in [6.45, 7) is 1.26. The van der Waals surface area contributed by atoms with Crippen LogP contribution in [0.3, 0.4) is 0 Å². The zero-order valence-corrected chi connectivity index (χ0v) is 11.2. The second kappa shape index (κ2) is 5.76. The predicted molar refractivity (Wildman–Crippen MR) is 70.7 cm³/mol. The molecule has 1 aliphatic heterocycles. The van der Waals surface area contributed by atoms with Crippen molar-refractivity contribution in [3.8, 4) is 0 Å². The third-order valence-electron chi connectivity index (χ3n) is 3.24. The van der Waals surface area contributed by atoms with Crippen LogP contribution in [-0.2, 0) is 10.9 Å². The van der Waals surface area contributed by atoms with Crippen LogP contribution in [0.4, 0.5) is 30.2 Å². The molecule has 0 bridgehead atoms. The van der Waals surface area contributed by atoms with Crippen LogP contribution in [0.1, 0.15) is 5.56 Å². The molecule has 2 rings (SSSR count). The third kappa shape index (κ3) is 3.18. The van der Waals surface area contributed by atoms with Crippen LogP contribution in [0.25, 0.3) is 0 Å². The zero-order chi connectivity index (χ0) is 15.6. The minimum atomic E-state index is -4.66. The SMILES string of the molecule is CNc1cc(N2CCOCC2)c(C(F)(F)F)cc1[N+](=O)[O-]. The Morgan fingerprint density at radius 1 is 1.33 bits per heavy atom. The van der Waals surface area contributed by atoms with Crippen LogP contribution in [0.2, 0.25) is 0 Å². The molecule has 1 saturated heterocycles. The van der Waals surface area contributed by atoms with E-state index in [1.54, 1.807) is 0 Å². The number of benzene rings is 1. The fourth-order valence-electron chi connectivity index (χ4n) is 2.22. The summed E-state index contributed by atoms with van der Waals surface area (Å²) in [6, 6.07) is 1.75. The van der Waals surface area contributed by atoms with E-state index in [4.69, 9.17) is 4.74 Å². The lowest BCUT2D eigenvalue weighted by atomic mass is 10.1. The third-order valence-corrected chi connectivity index (χ3v) is 3.24. The molecule has 0 aromatic heterocycles. The Morgan fingerprint density at radius 3 is 2.43 bits per heavy atom. The minimum absolute atomic E-state index is 0.0505. The molecule has 116 valence electrons. The lowest BCUT2D eigenvalue weighted by Gasteiger charge is -2.31. The molecule has 0 radical (unpaired) electrons. The van der Waals surface area contributed by atoms with E-state index in [0.29, 0.717) is 32.4 Å². The molecule has 0 aliphatic carbocycles. The average molecular weight is 305 g/mol. The van der Waals surface area contributed by atoms with Gasteiger partial charge in [0.2, 0.25) is 0 Å². The number of alkyl halides is 3. The van der Waals surface area contributed by atoms with Gasteiger partial charge in [0.25, 0.3) is 5.69 Å². The number of rotatable bonds is 3. The Kier molecular flexibility index (Phi) is 4.21. The van der Waals surface area contributed by atoms with Crippen molar-refractivity contribution in [2.45, 2.75) is 6.18 Å². The van der Waals surface area contributed by atoms with Crippen molar-refractivity contribution < 1.29 is 22.8 Å². The molecule has 0 saturated carbocycles. The molecule has 6 nitrogen and oxygen atoms in total. The summed E-state index contributed by atoms with van der Waals surface area (Å²) in [5, 5.41) is 13.5. The van der Waals surface area contributed by atoms with Crippen molar-refractivity contribution in [1.29, 1.82) is 0 Å². The van der Waals surface area contributed by atoms with E-state index in [0.717, 1.165) is 0 Å². The molecular weight excluding hydrogens is 291 g/mol. The number of morpholine rings is 1. The normalized spacial score (nSPS) is 15.9.